The summed E-state index contributed by atoms with van der Waals surface area (Å²) in [6.45, 7) is 10.3. The molecule has 0 aliphatic heterocycles. The van der Waals surface area contributed by atoms with Crippen molar-refractivity contribution in [3.63, 3.8) is 0 Å². The number of hydrogen-bond donors (Lipinski definition) is 2. The molecule has 2 aromatic rings. The van der Waals surface area contributed by atoms with Gasteiger partial charge in [0.1, 0.15) is 12.7 Å². The van der Waals surface area contributed by atoms with E-state index in [0.29, 0.717) is 0 Å². The molecule has 2 unspecified atom stereocenters. The van der Waals surface area contributed by atoms with Gasteiger partial charge in [-0.15, -0.1) is 10.2 Å². The van der Waals surface area contributed by atoms with Crippen LogP contribution in [0.25, 0.3) is 0 Å². The summed E-state index contributed by atoms with van der Waals surface area (Å²) in [5.74, 6) is 0. The van der Waals surface area contributed by atoms with E-state index >= 15 is 0 Å². The smallest absolute Gasteiger partial charge is 0.138 e. The topological polar surface area (TPSA) is 128 Å². The summed E-state index contributed by atoms with van der Waals surface area (Å²) in [6.07, 6.45) is 10.5. The lowest BCUT2D eigenvalue weighted by atomic mass is 9.86. The van der Waals surface area contributed by atoms with E-state index in [1.165, 1.54) is 0 Å². The van der Waals surface area contributed by atoms with Gasteiger partial charge in [-0.25, -0.2) is 9.36 Å². The van der Waals surface area contributed by atoms with E-state index in [1.54, 1.807) is 22.0 Å². The molecular weight excluding hydrogens is 396 g/mol. The summed E-state index contributed by atoms with van der Waals surface area (Å²) in [4.78, 5) is 0. The van der Waals surface area contributed by atoms with Crippen LogP contribution in [0, 0.1) is 10.8 Å². The lowest BCUT2D eigenvalue weighted by Gasteiger charge is -2.24. The minimum absolute atomic E-state index is 0.0868. The SMILES string of the molecule is CC(C)(CCCC(O)CCCC(O)CCCC(C)(C)Cn1cnnn1)Cn1cnnn1. The van der Waals surface area contributed by atoms with Gasteiger partial charge < -0.3 is 10.2 Å². The Labute approximate surface area is 185 Å². The van der Waals surface area contributed by atoms with Crippen LogP contribution in [-0.2, 0) is 13.1 Å². The second kappa shape index (κ2) is 12.2. The van der Waals surface area contributed by atoms with Crippen LogP contribution < -0.4 is 0 Å². The largest absolute Gasteiger partial charge is 0.393 e. The molecule has 0 saturated carbocycles. The summed E-state index contributed by atoms with van der Waals surface area (Å²) >= 11 is 0. The van der Waals surface area contributed by atoms with Gasteiger partial charge in [0.25, 0.3) is 0 Å². The molecule has 2 aromatic heterocycles. The Balaban J connectivity index is 1.51. The van der Waals surface area contributed by atoms with Gasteiger partial charge in [0.2, 0.25) is 0 Å². The van der Waals surface area contributed by atoms with Crippen molar-refractivity contribution in [2.45, 2.75) is 111 Å². The van der Waals surface area contributed by atoms with Gasteiger partial charge in [0, 0.05) is 13.1 Å². The third-order valence-corrected chi connectivity index (χ3v) is 5.82. The summed E-state index contributed by atoms with van der Waals surface area (Å²) in [5, 5.41) is 43.1. The van der Waals surface area contributed by atoms with E-state index in [4.69, 9.17) is 0 Å². The molecule has 2 rings (SSSR count). The van der Waals surface area contributed by atoms with Crippen LogP contribution in [0.5, 0.6) is 0 Å². The molecule has 0 saturated heterocycles. The Kier molecular flexibility index (Phi) is 9.95. The first kappa shape index (κ1) is 25.3. The summed E-state index contributed by atoms with van der Waals surface area (Å²) in [6, 6.07) is 0. The molecule has 0 fully saturated rings. The average Bonchev–Trinajstić information content (AvgIpc) is 3.34. The number of tetrazole rings is 2. The molecule has 2 atom stereocenters. The van der Waals surface area contributed by atoms with Gasteiger partial charge in [-0.05, 0) is 76.6 Å². The maximum Gasteiger partial charge on any atom is 0.138 e. The zero-order valence-electron chi connectivity index (χ0n) is 19.6. The summed E-state index contributed by atoms with van der Waals surface area (Å²) in [5.41, 5.74) is 0.174. The molecule has 0 aliphatic carbocycles. The van der Waals surface area contributed by atoms with Gasteiger partial charge in [-0.1, -0.05) is 40.5 Å². The molecule has 2 N–H and O–H groups in total. The molecule has 0 aromatic carbocycles. The zero-order chi connectivity index (χ0) is 22.7. The van der Waals surface area contributed by atoms with E-state index in [1.807, 2.05) is 0 Å². The second-order valence-electron chi connectivity index (χ2n) is 10.4. The van der Waals surface area contributed by atoms with Crippen LogP contribution >= 0.6 is 0 Å². The van der Waals surface area contributed by atoms with Crippen molar-refractivity contribution in [3.8, 4) is 0 Å². The van der Waals surface area contributed by atoms with Crippen molar-refractivity contribution in [2.24, 2.45) is 10.8 Å². The summed E-state index contributed by atoms with van der Waals surface area (Å²) in [7, 11) is 0. The van der Waals surface area contributed by atoms with Crippen LogP contribution in [0.3, 0.4) is 0 Å². The van der Waals surface area contributed by atoms with Crippen molar-refractivity contribution in [2.75, 3.05) is 0 Å². The minimum Gasteiger partial charge on any atom is -0.393 e. The molecule has 0 radical (unpaired) electrons. The van der Waals surface area contributed by atoms with Crippen LogP contribution in [0.15, 0.2) is 12.7 Å². The Hall–Kier alpha value is -1.94. The molecule has 0 aliphatic rings. The highest BCUT2D eigenvalue weighted by Gasteiger charge is 2.21. The normalized spacial score (nSPS) is 14.6. The van der Waals surface area contributed by atoms with Gasteiger partial charge in [-0.3, -0.25) is 0 Å². The maximum atomic E-state index is 10.3. The van der Waals surface area contributed by atoms with E-state index < -0.39 is 0 Å². The predicted octanol–water partition coefficient (Wildman–Crippen LogP) is 2.64. The van der Waals surface area contributed by atoms with Gasteiger partial charge in [0.15, 0.2) is 0 Å². The number of rotatable bonds is 16. The second-order valence-corrected chi connectivity index (χ2v) is 10.4. The lowest BCUT2D eigenvalue weighted by molar-refractivity contribution is 0.115. The fraction of sp³-hybridized carbons (Fsp3) is 0.905. The van der Waals surface area contributed by atoms with Crippen molar-refractivity contribution < 1.29 is 10.2 Å². The molecule has 10 heteroatoms. The molecule has 0 spiro atoms. The molecule has 0 amide bonds. The number of aliphatic hydroxyl groups excluding tert-OH is 2. The highest BCUT2D eigenvalue weighted by Crippen LogP contribution is 2.27. The lowest BCUT2D eigenvalue weighted by Crippen LogP contribution is -2.21. The van der Waals surface area contributed by atoms with Crippen LogP contribution in [0.4, 0.5) is 0 Å². The number of nitrogens with zero attached hydrogens (tertiary/aromatic N) is 8. The van der Waals surface area contributed by atoms with E-state index in [9.17, 15) is 10.2 Å². The highest BCUT2D eigenvalue weighted by atomic mass is 16.3. The van der Waals surface area contributed by atoms with Gasteiger partial charge in [0.05, 0.1) is 12.2 Å². The average molecular weight is 437 g/mol. The van der Waals surface area contributed by atoms with Gasteiger partial charge >= 0.3 is 0 Å². The van der Waals surface area contributed by atoms with Crippen LogP contribution in [0.2, 0.25) is 0 Å². The number of hydrogen-bond acceptors (Lipinski definition) is 8. The first-order valence-corrected chi connectivity index (χ1v) is 11.4. The Morgan fingerprint density at radius 3 is 1.42 bits per heavy atom. The molecule has 176 valence electrons. The van der Waals surface area contributed by atoms with Crippen molar-refractivity contribution in [1.29, 1.82) is 0 Å². The van der Waals surface area contributed by atoms with Gasteiger partial charge in [-0.2, -0.15) is 0 Å². The number of aromatic nitrogens is 8. The monoisotopic (exact) mass is 436 g/mol. The molecular formula is C21H40N8O2. The third kappa shape index (κ3) is 10.8. The van der Waals surface area contributed by atoms with Crippen LogP contribution in [0.1, 0.15) is 85.5 Å². The molecule has 31 heavy (non-hydrogen) atoms. The van der Waals surface area contributed by atoms with Crippen molar-refractivity contribution in [1.82, 2.24) is 40.4 Å². The first-order valence-electron chi connectivity index (χ1n) is 11.4. The standard InChI is InChI=1S/C21H40N8O2/c1-20(2,14-28-16-22-24-26-28)12-6-10-18(30)8-5-9-19(31)11-7-13-21(3,4)15-29-17-23-25-27-29/h16-19,30-31H,5-15H2,1-4H3. The fourth-order valence-electron chi connectivity index (χ4n) is 4.05. The Bertz CT molecular complexity index is 643. The minimum atomic E-state index is -0.300. The molecule has 10 nitrogen and oxygen atoms in total. The predicted molar refractivity (Wildman–Crippen MR) is 117 cm³/mol. The quantitative estimate of drug-likeness (QED) is 0.411. The van der Waals surface area contributed by atoms with Crippen molar-refractivity contribution in [3.05, 3.63) is 12.7 Å². The highest BCUT2D eigenvalue weighted by molar-refractivity contribution is 4.72. The molecule has 0 bridgehead atoms. The maximum absolute atomic E-state index is 10.3. The summed E-state index contributed by atoms with van der Waals surface area (Å²) < 4.78 is 3.51. The zero-order valence-corrected chi connectivity index (χ0v) is 19.6. The van der Waals surface area contributed by atoms with E-state index in [-0.39, 0.29) is 23.0 Å². The first-order chi connectivity index (χ1) is 14.7. The van der Waals surface area contributed by atoms with Crippen molar-refractivity contribution >= 4 is 0 Å². The Morgan fingerprint density at radius 1 is 0.677 bits per heavy atom. The fourth-order valence-corrected chi connectivity index (χ4v) is 4.05. The number of aliphatic hydroxyl groups is 2. The van der Waals surface area contributed by atoms with E-state index in [0.717, 1.165) is 70.9 Å². The van der Waals surface area contributed by atoms with Crippen LogP contribution in [-0.4, -0.2) is 62.8 Å². The molecule has 2 heterocycles. The third-order valence-electron chi connectivity index (χ3n) is 5.82. The Morgan fingerprint density at radius 2 is 1.06 bits per heavy atom. The van der Waals surface area contributed by atoms with E-state index in [2.05, 4.69) is 58.7 Å².